The number of nitrogens with one attached hydrogen (secondary N) is 2. The molecule has 1 aliphatic heterocycles. The van der Waals surface area contributed by atoms with Crippen molar-refractivity contribution in [3.8, 4) is 0 Å². The summed E-state index contributed by atoms with van der Waals surface area (Å²) < 4.78 is 4.74. The van der Waals surface area contributed by atoms with Crippen LogP contribution in [0.1, 0.15) is 18.5 Å². The quantitative estimate of drug-likeness (QED) is 0.880. The highest BCUT2D eigenvalue weighted by Crippen LogP contribution is 2.22. The van der Waals surface area contributed by atoms with E-state index in [1.807, 2.05) is 38.1 Å². The lowest BCUT2D eigenvalue weighted by atomic mass is 10.1. The van der Waals surface area contributed by atoms with Crippen LogP contribution < -0.4 is 15.5 Å². The third-order valence-electron chi connectivity index (χ3n) is 3.88. The fourth-order valence-electron chi connectivity index (χ4n) is 2.72. The predicted octanol–water partition coefficient (Wildman–Crippen LogP) is 1.81. The summed E-state index contributed by atoms with van der Waals surface area (Å²) in [4.78, 5) is 31.8. The van der Waals surface area contributed by atoms with Crippen molar-refractivity contribution in [2.45, 2.75) is 25.8 Å². The van der Waals surface area contributed by atoms with Crippen LogP contribution in [0.5, 0.6) is 0 Å². The molecule has 0 spiro atoms. The second-order valence-corrected chi connectivity index (χ2v) is 6.07. The average molecular weight is 335 g/mol. The van der Waals surface area contributed by atoms with Crippen molar-refractivity contribution in [1.29, 1.82) is 0 Å². The molecule has 2 rings (SSSR count). The molecule has 1 aromatic rings. The molecule has 1 atom stereocenters. The number of ether oxygens (including phenoxy) is 1. The Labute approximate surface area is 142 Å². The van der Waals surface area contributed by atoms with Crippen LogP contribution >= 0.6 is 0 Å². The zero-order valence-corrected chi connectivity index (χ0v) is 14.6. The SMILES string of the molecule is COC(=O)N1CCC[C@H](NC(=O)Nc2ccc(C)nc2N(C)C)C1. The molecule has 1 fully saturated rings. The highest BCUT2D eigenvalue weighted by Gasteiger charge is 2.25. The Morgan fingerprint density at radius 3 is 2.79 bits per heavy atom. The fraction of sp³-hybridized carbons (Fsp3) is 0.562. The zero-order valence-electron chi connectivity index (χ0n) is 14.6. The minimum atomic E-state index is -0.362. The summed E-state index contributed by atoms with van der Waals surface area (Å²) in [6, 6.07) is 3.28. The molecule has 1 saturated heterocycles. The number of aryl methyl sites for hydroxylation is 1. The number of anilines is 2. The van der Waals surface area contributed by atoms with E-state index < -0.39 is 0 Å². The van der Waals surface area contributed by atoms with Crippen LogP contribution in [0, 0.1) is 6.92 Å². The summed E-state index contributed by atoms with van der Waals surface area (Å²) >= 11 is 0. The Morgan fingerprint density at radius 2 is 2.12 bits per heavy atom. The molecule has 2 heterocycles. The molecular formula is C16H25N5O3. The van der Waals surface area contributed by atoms with E-state index in [9.17, 15) is 9.59 Å². The summed E-state index contributed by atoms with van der Waals surface area (Å²) in [5, 5.41) is 5.75. The maximum absolute atomic E-state index is 12.3. The summed E-state index contributed by atoms with van der Waals surface area (Å²) in [7, 11) is 5.11. The van der Waals surface area contributed by atoms with E-state index in [-0.39, 0.29) is 18.2 Å². The summed E-state index contributed by atoms with van der Waals surface area (Å²) in [6.07, 6.45) is 1.29. The van der Waals surface area contributed by atoms with Crippen LogP contribution in [0.25, 0.3) is 0 Å². The first-order valence-corrected chi connectivity index (χ1v) is 7.96. The molecule has 1 aliphatic rings. The first-order valence-electron chi connectivity index (χ1n) is 7.96. The van der Waals surface area contributed by atoms with E-state index in [1.165, 1.54) is 7.11 Å². The van der Waals surface area contributed by atoms with Gasteiger partial charge in [-0.1, -0.05) is 0 Å². The van der Waals surface area contributed by atoms with Gasteiger partial charge in [-0.3, -0.25) is 0 Å². The van der Waals surface area contributed by atoms with E-state index in [4.69, 9.17) is 4.74 Å². The number of nitrogens with zero attached hydrogens (tertiary/aromatic N) is 3. The van der Waals surface area contributed by atoms with Crippen molar-refractivity contribution in [2.75, 3.05) is 44.5 Å². The number of urea groups is 1. The molecule has 0 unspecified atom stereocenters. The monoisotopic (exact) mass is 335 g/mol. The molecule has 8 heteroatoms. The highest BCUT2D eigenvalue weighted by atomic mass is 16.5. The average Bonchev–Trinajstić information content (AvgIpc) is 2.55. The van der Waals surface area contributed by atoms with Crippen molar-refractivity contribution < 1.29 is 14.3 Å². The number of rotatable bonds is 3. The van der Waals surface area contributed by atoms with Crippen LogP contribution in [0.3, 0.4) is 0 Å². The smallest absolute Gasteiger partial charge is 0.409 e. The number of carbonyl (C=O) groups is 2. The molecule has 0 saturated carbocycles. The summed E-state index contributed by atoms with van der Waals surface area (Å²) in [5.74, 6) is 0.699. The topological polar surface area (TPSA) is 86.8 Å². The maximum Gasteiger partial charge on any atom is 0.409 e. The number of carbonyl (C=O) groups excluding carboxylic acids is 2. The lowest BCUT2D eigenvalue weighted by Crippen LogP contribution is -2.50. The molecule has 2 N–H and O–H groups in total. The molecule has 0 aromatic carbocycles. The molecule has 8 nitrogen and oxygen atoms in total. The van der Waals surface area contributed by atoms with Crippen molar-refractivity contribution in [2.24, 2.45) is 0 Å². The maximum atomic E-state index is 12.3. The number of hydrogen-bond acceptors (Lipinski definition) is 5. The minimum absolute atomic E-state index is 0.0981. The number of amides is 3. The third-order valence-corrected chi connectivity index (χ3v) is 3.88. The van der Waals surface area contributed by atoms with Gasteiger partial charge in [-0.05, 0) is 31.9 Å². The highest BCUT2D eigenvalue weighted by molar-refractivity contribution is 5.92. The fourth-order valence-corrected chi connectivity index (χ4v) is 2.72. The van der Waals surface area contributed by atoms with Crippen LogP contribution in [-0.2, 0) is 4.74 Å². The second-order valence-electron chi connectivity index (χ2n) is 6.07. The molecule has 3 amide bonds. The van der Waals surface area contributed by atoms with Gasteiger partial charge in [-0.15, -0.1) is 0 Å². The zero-order chi connectivity index (χ0) is 17.7. The summed E-state index contributed by atoms with van der Waals surface area (Å²) in [6.45, 7) is 3.01. The van der Waals surface area contributed by atoms with Crippen LogP contribution in [0.4, 0.5) is 21.1 Å². The van der Waals surface area contributed by atoms with Gasteiger partial charge in [-0.25, -0.2) is 14.6 Å². The van der Waals surface area contributed by atoms with E-state index in [0.717, 1.165) is 18.5 Å². The molecule has 0 radical (unpaired) electrons. The molecule has 0 aliphatic carbocycles. The lowest BCUT2D eigenvalue weighted by molar-refractivity contribution is 0.108. The van der Waals surface area contributed by atoms with E-state index in [0.29, 0.717) is 24.6 Å². The van der Waals surface area contributed by atoms with Crippen LogP contribution in [-0.4, -0.2) is 62.3 Å². The molecule has 1 aromatic heterocycles. The van der Waals surface area contributed by atoms with Crippen molar-refractivity contribution in [1.82, 2.24) is 15.2 Å². The van der Waals surface area contributed by atoms with Gasteiger partial charge in [-0.2, -0.15) is 0 Å². The number of hydrogen-bond donors (Lipinski definition) is 2. The Bertz CT molecular complexity index is 605. The summed E-state index contributed by atoms with van der Waals surface area (Å²) in [5.41, 5.74) is 1.52. The largest absolute Gasteiger partial charge is 0.453 e. The van der Waals surface area contributed by atoms with E-state index in [2.05, 4.69) is 15.6 Å². The van der Waals surface area contributed by atoms with Crippen LogP contribution in [0.15, 0.2) is 12.1 Å². The van der Waals surface area contributed by atoms with E-state index >= 15 is 0 Å². The van der Waals surface area contributed by atoms with Crippen molar-refractivity contribution >= 4 is 23.6 Å². The van der Waals surface area contributed by atoms with Gasteiger partial charge in [0.05, 0.1) is 12.8 Å². The number of piperidine rings is 1. The van der Waals surface area contributed by atoms with Gasteiger partial charge in [0, 0.05) is 38.9 Å². The van der Waals surface area contributed by atoms with Crippen molar-refractivity contribution in [3.05, 3.63) is 17.8 Å². The third kappa shape index (κ3) is 4.50. The number of pyridine rings is 1. The lowest BCUT2D eigenvalue weighted by Gasteiger charge is -2.32. The normalized spacial score (nSPS) is 17.2. The molecular weight excluding hydrogens is 310 g/mol. The van der Waals surface area contributed by atoms with Gasteiger partial charge in [0.15, 0.2) is 5.82 Å². The van der Waals surface area contributed by atoms with Gasteiger partial charge in [0.2, 0.25) is 0 Å². The van der Waals surface area contributed by atoms with E-state index in [1.54, 1.807) is 4.90 Å². The predicted molar refractivity (Wildman–Crippen MR) is 92.5 cm³/mol. The van der Waals surface area contributed by atoms with Crippen molar-refractivity contribution in [3.63, 3.8) is 0 Å². The minimum Gasteiger partial charge on any atom is -0.453 e. The second kappa shape index (κ2) is 7.85. The molecule has 132 valence electrons. The van der Waals surface area contributed by atoms with Gasteiger partial charge in [0.25, 0.3) is 0 Å². The number of likely N-dealkylation sites (tertiary alicyclic amines) is 1. The standard InChI is InChI=1S/C16H25N5O3/c1-11-7-8-13(14(17-11)20(2)3)19-15(22)18-12-6-5-9-21(10-12)16(23)24-4/h7-8,12H,5-6,9-10H2,1-4H3,(H2,18,19,22)/t12-/m0/s1. The van der Waals surface area contributed by atoms with Gasteiger partial charge in [0.1, 0.15) is 0 Å². The Balaban J connectivity index is 1.97. The Kier molecular flexibility index (Phi) is 5.83. The van der Waals surface area contributed by atoms with Gasteiger partial charge >= 0.3 is 12.1 Å². The number of methoxy groups -OCH3 is 1. The molecule has 24 heavy (non-hydrogen) atoms. The number of aromatic nitrogens is 1. The molecule has 0 bridgehead atoms. The first kappa shape index (κ1) is 17.8. The Morgan fingerprint density at radius 1 is 1.38 bits per heavy atom. The Hall–Kier alpha value is -2.51. The van der Waals surface area contributed by atoms with Gasteiger partial charge < -0.3 is 25.2 Å². The first-order chi connectivity index (χ1) is 11.4. The van der Waals surface area contributed by atoms with Crippen LogP contribution in [0.2, 0.25) is 0 Å².